The number of fused-ring (bicyclic) bond motifs is 1. The van der Waals surface area contributed by atoms with E-state index in [1.807, 2.05) is 12.1 Å². The predicted molar refractivity (Wildman–Crippen MR) is 95.7 cm³/mol. The van der Waals surface area contributed by atoms with Gasteiger partial charge in [0.05, 0.1) is 11.9 Å². The summed E-state index contributed by atoms with van der Waals surface area (Å²) in [5.41, 5.74) is 13.5. The van der Waals surface area contributed by atoms with Crippen LogP contribution in [0, 0.1) is 0 Å². The molecule has 0 aliphatic heterocycles. The second kappa shape index (κ2) is 6.17. The molecular weight excluding hydrogens is 332 g/mol. The van der Waals surface area contributed by atoms with Crippen LogP contribution in [0.25, 0.3) is 16.9 Å². The van der Waals surface area contributed by atoms with Crippen molar-refractivity contribution in [2.45, 2.75) is 0 Å². The average molecular weight is 346 g/mol. The Morgan fingerprint density at radius 3 is 2.54 bits per heavy atom. The fourth-order valence-electron chi connectivity index (χ4n) is 2.60. The van der Waals surface area contributed by atoms with Gasteiger partial charge in [-0.05, 0) is 36.4 Å². The van der Waals surface area contributed by atoms with E-state index < -0.39 is 5.91 Å². The zero-order valence-electron chi connectivity index (χ0n) is 13.5. The van der Waals surface area contributed by atoms with Crippen LogP contribution in [0.15, 0.2) is 60.9 Å². The Labute approximate surface area is 148 Å². The smallest absolute Gasteiger partial charge is 0.269 e. The minimum absolute atomic E-state index is 0.172. The Kier molecular flexibility index (Phi) is 3.70. The average Bonchev–Trinajstić information content (AvgIpc) is 3.04. The number of rotatable bonds is 4. The van der Waals surface area contributed by atoms with Crippen molar-refractivity contribution in [3.8, 4) is 22.9 Å². The SMILES string of the molecule is NC(=O)c1c(-c2ccc(Oc3ccccn3)cc2)nc2c(N)ccnn12. The molecule has 0 radical (unpaired) electrons. The highest BCUT2D eigenvalue weighted by molar-refractivity contribution is 5.99. The minimum atomic E-state index is -0.639. The zero-order valence-corrected chi connectivity index (χ0v) is 13.5. The standard InChI is InChI=1S/C18H14N6O2/c19-13-8-10-22-24-16(17(20)25)15(23-18(13)24)11-4-6-12(7-5-11)26-14-3-1-2-9-21-14/h1-10H,19H2,(H2,20,25). The van der Waals surface area contributed by atoms with Crippen molar-refractivity contribution >= 4 is 17.2 Å². The Hall–Kier alpha value is -3.94. The van der Waals surface area contributed by atoms with E-state index in [0.717, 1.165) is 0 Å². The lowest BCUT2D eigenvalue weighted by atomic mass is 10.1. The molecule has 4 aromatic rings. The van der Waals surface area contributed by atoms with E-state index in [0.29, 0.717) is 34.2 Å². The first-order valence-electron chi connectivity index (χ1n) is 7.76. The maximum Gasteiger partial charge on any atom is 0.269 e. The molecule has 3 aromatic heterocycles. The molecule has 0 spiro atoms. The summed E-state index contributed by atoms with van der Waals surface area (Å²) in [5.74, 6) is 0.455. The van der Waals surface area contributed by atoms with E-state index in [9.17, 15) is 4.79 Å². The van der Waals surface area contributed by atoms with Crippen LogP contribution < -0.4 is 16.2 Å². The first-order valence-corrected chi connectivity index (χ1v) is 7.76. The van der Waals surface area contributed by atoms with Crippen molar-refractivity contribution in [1.82, 2.24) is 19.6 Å². The molecule has 128 valence electrons. The van der Waals surface area contributed by atoms with Crippen molar-refractivity contribution in [2.24, 2.45) is 5.73 Å². The number of nitrogens with two attached hydrogens (primary N) is 2. The molecular formula is C18H14N6O2. The number of nitrogen functional groups attached to an aromatic ring is 1. The molecule has 8 nitrogen and oxygen atoms in total. The van der Waals surface area contributed by atoms with Crippen LogP contribution in [-0.2, 0) is 0 Å². The van der Waals surface area contributed by atoms with Gasteiger partial charge in [0.25, 0.3) is 5.91 Å². The summed E-state index contributed by atoms with van der Waals surface area (Å²) in [4.78, 5) is 20.5. The minimum Gasteiger partial charge on any atom is -0.439 e. The van der Waals surface area contributed by atoms with Crippen LogP contribution in [0.3, 0.4) is 0 Å². The number of carbonyl (C=O) groups excluding carboxylic acids is 1. The number of aromatic nitrogens is 4. The fraction of sp³-hybridized carbons (Fsp3) is 0. The highest BCUT2D eigenvalue weighted by atomic mass is 16.5. The molecule has 3 heterocycles. The lowest BCUT2D eigenvalue weighted by Crippen LogP contribution is -2.16. The van der Waals surface area contributed by atoms with Gasteiger partial charge in [0, 0.05) is 17.8 Å². The van der Waals surface area contributed by atoms with Crippen LogP contribution in [0.5, 0.6) is 11.6 Å². The van der Waals surface area contributed by atoms with Crippen LogP contribution in [0.2, 0.25) is 0 Å². The summed E-state index contributed by atoms with van der Waals surface area (Å²) >= 11 is 0. The van der Waals surface area contributed by atoms with Crippen LogP contribution in [-0.4, -0.2) is 25.5 Å². The number of ether oxygens (including phenoxy) is 1. The number of primary amides is 1. The number of carbonyl (C=O) groups is 1. The number of nitrogens with zero attached hydrogens (tertiary/aromatic N) is 4. The Morgan fingerprint density at radius 2 is 1.85 bits per heavy atom. The molecule has 0 atom stereocenters. The quantitative estimate of drug-likeness (QED) is 0.584. The summed E-state index contributed by atoms with van der Waals surface area (Å²) in [5, 5.41) is 4.12. The Bertz CT molecular complexity index is 1090. The normalized spacial score (nSPS) is 10.8. The lowest BCUT2D eigenvalue weighted by Gasteiger charge is -2.05. The summed E-state index contributed by atoms with van der Waals surface area (Å²) in [6.07, 6.45) is 3.14. The molecule has 0 bridgehead atoms. The highest BCUT2D eigenvalue weighted by Crippen LogP contribution is 2.28. The third kappa shape index (κ3) is 2.69. The van der Waals surface area contributed by atoms with E-state index in [1.54, 1.807) is 42.6 Å². The first-order chi connectivity index (χ1) is 12.6. The maximum absolute atomic E-state index is 11.9. The molecule has 4 rings (SSSR count). The molecule has 8 heteroatoms. The first kappa shape index (κ1) is 15.6. The summed E-state index contributed by atoms with van der Waals surface area (Å²) in [6, 6.07) is 14.1. The summed E-state index contributed by atoms with van der Waals surface area (Å²) in [7, 11) is 0. The molecule has 0 fully saturated rings. The van der Waals surface area contributed by atoms with Gasteiger partial charge in [-0.1, -0.05) is 6.07 Å². The molecule has 0 aliphatic rings. The largest absolute Gasteiger partial charge is 0.439 e. The number of imidazole rings is 1. The van der Waals surface area contributed by atoms with Gasteiger partial charge >= 0.3 is 0 Å². The van der Waals surface area contributed by atoms with E-state index in [-0.39, 0.29) is 5.69 Å². The Morgan fingerprint density at radius 1 is 1.04 bits per heavy atom. The molecule has 1 amide bonds. The molecule has 1 aromatic carbocycles. The number of hydrogen-bond acceptors (Lipinski definition) is 6. The second-order valence-corrected chi connectivity index (χ2v) is 5.49. The van der Waals surface area contributed by atoms with E-state index >= 15 is 0 Å². The van der Waals surface area contributed by atoms with Crippen LogP contribution >= 0.6 is 0 Å². The van der Waals surface area contributed by atoms with Crippen LogP contribution in [0.4, 0.5) is 5.69 Å². The molecule has 26 heavy (non-hydrogen) atoms. The lowest BCUT2D eigenvalue weighted by molar-refractivity contribution is 0.0994. The number of hydrogen-bond donors (Lipinski definition) is 2. The van der Waals surface area contributed by atoms with Gasteiger partial charge in [-0.15, -0.1) is 0 Å². The van der Waals surface area contributed by atoms with Gasteiger partial charge in [0.1, 0.15) is 11.4 Å². The predicted octanol–water partition coefficient (Wildman–Crippen LogP) is 2.26. The molecule has 4 N–H and O–H groups in total. The van der Waals surface area contributed by atoms with Gasteiger partial charge in [0.15, 0.2) is 11.3 Å². The van der Waals surface area contributed by atoms with Crippen molar-refractivity contribution in [1.29, 1.82) is 0 Å². The number of benzene rings is 1. The van der Waals surface area contributed by atoms with Crippen molar-refractivity contribution in [3.05, 3.63) is 66.6 Å². The van der Waals surface area contributed by atoms with E-state index in [4.69, 9.17) is 16.2 Å². The zero-order chi connectivity index (χ0) is 18.1. The number of anilines is 1. The molecule has 0 saturated carbocycles. The molecule has 0 saturated heterocycles. The van der Waals surface area contributed by atoms with Gasteiger partial charge < -0.3 is 16.2 Å². The monoisotopic (exact) mass is 346 g/mol. The third-order valence-electron chi connectivity index (χ3n) is 3.77. The maximum atomic E-state index is 11.9. The van der Waals surface area contributed by atoms with E-state index in [1.165, 1.54) is 10.7 Å². The van der Waals surface area contributed by atoms with Gasteiger partial charge in [0.2, 0.25) is 5.88 Å². The second-order valence-electron chi connectivity index (χ2n) is 5.49. The number of pyridine rings is 1. The van der Waals surface area contributed by atoms with E-state index in [2.05, 4.69) is 15.1 Å². The van der Waals surface area contributed by atoms with Crippen molar-refractivity contribution < 1.29 is 9.53 Å². The van der Waals surface area contributed by atoms with Crippen LogP contribution in [0.1, 0.15) is 10.5 Å². The number of amides is 1. The summed E-state index contributed by atoms with van der Waals surface area (Å²) in [6.45, 7) is 0. The Balaban J connectivity index is 1.75. The van der Waals surface area contributed by atoms with Gasteiger partial charge in [-0.3, -0.25) is 4.79 Å². The fourth-order valence-corrected chi connectivity index (χ4v) is 2.60. The highest BCUT2D eigenvalue weighted by Gasteiger charge is 2.20. The summed E-state index contributed by atoms with van der Waals surface area (Å²) < 4.78 is 7.02. The molecule has 0 unspecified atom stereocenters. The van der Waals surface area contributed by atoms with Crippen molar-refractivity contribution in [2.75, 3.05) is 5.73 Å². The van der Waals surface area contributed by atoms with Gasteiger partial charge in [-0.25, -0.2) is 14.5 Å². The van der Waals surface area contributed by atoms with Crippen molar-refractivity contribution in [3.63, 3.8) is 0 Å². The molecule has 0 aliphatic carbocycles. The topological polar surface area (TPSA) is 121 Å². The van der Waals surface area contributed by atoms with Gasteiger partial charge in [-0.2, -0.15) is 5.10 Å². The third-order valence-corrected chi connectivity index (χ3v) is 3.77.